The summed E-state index contributed by atoms with van der Waals surface area (Å²) in [6.07, 6.45) is 4.32. The van der Waals surface area contributed by atoms with Gasteiger partial charge in [-0.15, -0.1) is 0 Å². The van der Waals surface area contributed by atoms with Gasteiger partial charge in [0.25, 0.3) is 0 Å². The largest absolute Gasteiger partial charge is 0.452 e. The number of fused-ring (bicyclic) bond motifs is 1. The van der Waals surface area contributed by atoms with Crippen molar-refractivity contribution in [1.29, 1.82) is 0 Å². The number of carbonyl (C=O) groups excluding carboxylic acids is 2. The van der Waals surface area contributed by atoms with Crippen LogP contribution >= 0.6 is 0 Å². The summed E-state index contributed by atoms with van der Waals surface area (Å²) in [5.41, 5.74) is 1.39. The highest BCUT2D eigenvalue weighted by Crippen LogP contribution is 2.39. The number of benzene rings is 2. The Balaban J connectivity index is 1.64. The third-order valence-corrected chi connectivity index (χ3v) is 4.33. The zero-order chi connectivity index (χ0) is 19.7. The van der Waals surface area contributed by atoms with Gasteiger partial charge in [0.05, 0.1) is 11.1 Å². The number of Topliss-reactive ketones (excluding diaryl/α,β-unsaturated/α-hetero) is 1. The molecule has 2 heterocycles. The third-order valence-electron chi connectivity index (χ3n) is 4.33. The molecule has 4 rings (SSSR count). The maximum Gasteiger partial charge on any atom is 0.345 e. The minimum Gasteiger partial charge on any atom is -0.452 e. The quantitative estimate of drug-likeness (QED) is 0.386. The molecule has 6 heteroatoms. The second-order valence-electron chi connectivity index (χ2n) is 6.16. The molecule has 0 aliphatic carbocycles. The fourth-order valence-corrected chi connectivity index (χ4v) is 2.85. The van der Waals surface area contributed by atoms with Gasteiger partial charge in [0.1, 0.15) is 17.3 Å². The highest BCUT2D eigenvalue weighted by Gasteiger charge is 2.30. The minimum absolute atomic E-state index is 0.0129. The normalized spacial score (nSPS) is 13.9. The second kappa shape index (κ2) is 7.08. The Kier molecular flexibility index (Phi) is 4.45. The van der Waals surface area contributed by atoms with Crippen molar-refractivity contribution >= 4 is 17.8 Å². The first-order valence-corrected chi connectivity index (χ1v) is 8.49. The summed E-state index contributed by atoms with van der Waals surface area (Å²) < 4.78 is 25.0. The van der Waals surface area contributed by atoms with Crippen LogP contribution in [0, 0.1) is 12.7 Å². The van der Waals surface area contributed by atoms with E-state index in [1.807, 2.05) is 0 Å². The van der Waals surface area contributed by atoms with E-state index in [0.717, 1.165) is 0 Å². The maximum atomic E-state index is 13.9. The number of halogens is 1. The Morgan fingerprint density at radius 3 is 2.71 bits per heavy atom. The summed E-state index contributed by atoms with van der Waals surface area (Å²) in [5, 5.41) is 0. The van der Waals surface area contributed by atoms with E-state index in [1.54, 1.807) is 43.5 Å². The SMILES string of the molecule is Cc1c(OC(=O)c2cccnc2)ccc2c1O/C(=C\c1ccccc1F)C2=O. The van der Waals surface area contributed by atoms with Crippen molar-refractivity contribution in [3.05, 3.63) is 94.8 Å². The van der Waals surface area contributed by atoms with Gasteiger partial charge < -0.3 is 9.47 Å². The number of ketones is 1. The first-order chi connectivity index (χ1) is 13.5. The average Bonchev–Trinajstić information content (AvgIpc) is 3.03. The van der Waals surface area contributed by atoms with E-state index in [9.17, 15) is 14.0 Å². The first kappa shape index (κ1) is 17.6. The van der Waals surface area contributed by atoms with E-state index in [-0.39, 0.29) is 22.9 Å². The van der Waals surface area contributed by atoms with Crippen LogP contribution in [0.25, 0.3) is 6.08 Å². The predicted octanol–water partition coefficient (Wildman–Crippen LogP) is 4.36. The van der Waals surface area contributed by atoms with Crippen LogP contribution in [0.15, 0.2) is 66.7 Å². The molecule has 3 aromatic rings. The number of hydrogen-bond donors (Lipinski definition) is 0. The molecule has 0 radical (unpaired) electrons. The molecule has 1 aliphatic rings. The van der Waals surface area contributed by atoms with Crippen LogP contribution in [0.3, 0.4) is 0 Å². The smallest absolute Gasteiger partial charge is 0.345 e. The zero-order valence-electron chi connectivity index (χ0n) is 14.8. The minimum atomic E-state index is -0.567. The molecule has 1 aliphatic heterocycles. The van der Waals surface area contributed by atoms with Gasteiger partial charge in [0.2, 0.25) is 5.78 Å². The first-order valence-electron chi connectivity index (χ1n) is 8.49. The van der Waals surface area contributed by atoms with E-state index < -0.39 is 11.8 Å². The van der Waals surface area contributed by atoms with Crippen LogP contribution in [0.2, 0.25) is 0 Å². The molecule has 138 valence electrons. The van der Waals surface area contributed by atoms with Crippen LogP contribution in [-0.4, -0.2) is 16.7 Å². The molecule has 0 spiro atoms. The topological polar surface area (TPSA) is 65.5 Å². The van der Waals surface area contributed by atoms with Gasteiger partial charge in [-0.3, -0.25) is 9.78 Å². The number of esters is 1. The molecule has 0 fully saturated rings. The molecule has 0 unspecified atom stereocenters. The number of aromatic nitrogens is 1. The molecule has 0 N–H and O–H groups in total. The van der Waals surface area contributed by atoms with Crippen LogP contribution in [0.5, 0.6) is 11.5 Å². The molecule has 5 nitrogen and oxygen atoms in total. The molecule has 0 saturated carbocycles. The molecule has 0 bridgehead atoms. The lowest BCUT2D eigenvalue weighted by Gasteiger charge is -2.10. The predicted molar refractivity (Wildman–Crippen MR) is 99.7 cm³/mol. The fraction of sp³-hybridized carbons (Fsp3) is 0.0455. The van der Waals surface area contributed by atoms with Crippen molar-refractivity contribution in [3.63, 3.8) is 0 Å². The lowest BCUT2D eigenvalue weighted by atomic mass is 10.1. The molecule has 0 amide bonds. The average molecular weight is 375 g/mol. The summed E-state index contributed by atoms with van der Waals surface area (Å²) >= 11 is 0. The molecule has 1 aromatic heterocycles. The Hall–Kier alpha value is -3.80. The number of rotatable bonds is 3. The molecule has 0 saturated heterocycles. The molecule has 2 aromatic carbocycles. The second-order valence-corrected chi connectivity index (χ2v) is 6.16. The van der Waals surface area contributed by atoms with E-state index >= 15 is 0 Å². The number of hydrogen-bond acceptors (Lipinski definition) is 5. The van der Waals surface area contributed by atoms with Crippen molar-refractivity contribution in [3.8, 4) is 11.5 Å². The Bertz CT molecular complexity index is 1120. The Morgan fingerprint density at radius 1 is 1.14 bits per heavy atom. The van der Waals surface area contributed by atoms with Crippen molar-refractivity contribution in [2.24, 2.45) is 0 Å². The van der Waals surface area contributed by atoms with Gasteiger partial charge in [-0.2, -0.15) is 0 Å². The number of pyridine rings is 1. The fourth-order valence-electron chi connectivity index (χ4n) is 2.85. The van der Waals surface area contributed by atoms with E-state index in [0.29, 0.717) is 22.4 Å². The molecule has 28 heavy (non-hydrogen) atoms. The third kappa shape index (κ3) is 3.16. The number of nitrogens with zero attached hydrogens (tertiary/aromatic N) is 1. The summed E-state index contributed by atoms with van der Waals surface area (Å²) in [6.45, 7) is 1.68. The standard InChI is InChI=1S/C22H14FNO4/c1-13-18(28-22(26)15-6-4-10-24-12-15)9-8-16-20(25)19(27-21(13)16)11-14-5-2-3-7-17(14)23/h2-12H,1H3/b19-11-. The Morgan fingerprint density at radius 2 is 1.96 bits per heavy atom. The molecular formula is C22H14FNO4. The van der Waals surface area contributed by atoms with E-state index in [1.165, 1.54) is 30.5 Å². The summed E-state index contributed by atoms with van der Waals surface area (Å²) in [7, 11) is 0. The molecule has 0 atom stereocenters. The van der Waals surface area contributed by atoms with Gasteiger partial charge in [-0.25, -0.2) is 9.18 Å². The van der Waals surface area contributed by atoms with Crippen molar-refractivity contribution in [2.75, 3.05) is 0 Å². The highest BCUT2D eigenvalue weighted by atomic mass is 19.1. The number of allylic oxidation sites excluding steroid dienone is 1. The van der Waals surface area contributed by atoms with Crippen LogP contribution < -0.4 is 9.47 Å². The van der Waals surface area contributed by atoms with Gasteiger partial charge in [-0.1, -0.05) is 18.2 Å². The maximum absolute atomic E-state index is 13.9. The lowest BCUT2D eigenvalue weighted by Crippen LogP contribution is -2.09. The van der Waals surface area contributed by atoms with Gasteiger partial charge in [0, 0.05) is 23.5 Å². The van der Waals surface area contributed by atoms with Crippen LogP contribution in [-0.2, 0) is 0 Å². The van der Waals surface area contributed by atoms with Gasteiger partial charge in [0.15, 0.2) is 5.76 Å². The highest BCUT2D eigenvalue weighted by molar-refractivity contribution is 6.15. The van der Waals surface area contributed by atoms with Crippen molar-refractivity contribution in [2.45, 2.75) is 6.92 Å². The molecular weight excluding hydrogens is 361 g/mol. The number of carbonyl (C=O) groups is 2. The van der Waals surface area contributed by atoms with Crippen LogP contribution in [0.1, 0.15) is 31.8 Å². The van der Waals surface area contributed by atoms with Gasteiger partial charge in [-0.05, 0) is 43.3 Å². The zero-order valence-corrected chi connectivity index (χ0v) is 14.8. The lowest BCUT2D eigenvalue weighted by molar-refractivity contribution is 0.0732. The summed E-state index contributed by atoms with van der Waals surface area (Å²) in [5.74, 6) is -0.796. The van der Waals surface area contributed by atoms with E-state index in [2.05, 4.69) is 4.98 Å². The summed E-state index contributed by atoms with van der Waals surface area (Å²) in [6, 6.07) is 12.4. The van der Waals surface area contributed by atoms with Crippen molar-refractivity contribution < 1.29 is 23.5 Å². The van der Waals surface area contributed by atoms with E-state index in [4.69, 9.17) is 9.47 Å². The number of ether oxygens (including phenoxy) is 2. The monoisotopic (exact) mass is 375 g/mol. The van der Waals surface area contributed by atoms with Gasteiger partial charge >= 0.3 is 5.97 Å². The Labute approximate surface area is 160 Å². The van der Waals surface area contributed by atoms with Crippen molar-refractivity contribution in [1.82, 2.24) is 4.98 Å². The summed E-state index contributed by atoms with van der Waals surface area (Å²) in [4.78, 5) is 28.7. The van der Waals surface area contributed by atoms with Crippen LogP contribution in [0.4, 0.5) is 4.39 Å².